The van der Waals surface area contributed by atoms with Crippen molar-refractivity contribution in [1.82, 2.24) is 10.3 Å². The van der Waals surface area contributed by atoms with Gasteiger partial charge in [-0.2, -0.15) is 0 Å². The molecule has 6 nitrogen and oxygen atoms in total. The number of benzene rings is 1. The minimum atomic E-state index is -0.677. The summed E-state index contributed by atoms with van der Waals surface area (Å²) in [6.45, 7) is 5.41. The van der Waals surface area contributed by atoms with Gasteiger partial charge in [0, 0.05) is 31.4 Å². The number of nitrogens with two attached hydrogens (primary N) is 1. The Labute approximate surface area is 148 Å². The number of hydrogen-bond donors (Lipinski definition) is 2. The zero-order chi connectivity index (χ0) is 17.6. The van der Waals surface area contributed by atoms with Crippen molar-refractivity contribution in [3.63, 3.8) is 0 Å². The lowest BCUT2D eigenvalue weighted by atomic mass is 10.1. The average Bonchev–Trinajstić information content (AvgIpc) is 2.67. The van der Waals surface area contributed by atoms with Gasteiger partial charge in [0.15, 0.2) is 0 Å². The quantitative estimate of drug-likeness (QED) is 0.863. The van der Waals surface area contributed by atoms with Gasteiger partial charge >= 0.3 is 0 Å². The summed E-state index contributed by atoms with van der Waals surface area (Å²) in [4.78, 5) is 19.1. The van der Waals surface area contributed by atoms with Crippen LogP contribution in [-0.2, 0) is 16.1 Å². The second-order valence-electron chi connectivity index (χ2n) is 6.19. The lowest BCUT2D eigenvalue weighted by molar-refractivity contribution is -0.122. The van der Waals surface area contributed by atoms with Crippen molar-refractivity contribution in [2.24, 2.45) is 5.73 Å². The Bertz CT molecular complexity index is 712. The smallest absolute Gasteiger partial charge is 0.241 e. The first-order valence-corrected chi connectivity index (χ1v) is 8.51. The van der Waals surface area contributed by atoms with Crippen molar-refractivity contribution in [3.05, 3.63) is 59.3 Å². The van der Waals surface area contributed by atoms with Crippen molar-refractivity contribution in [3.8, 4) is 0 Å². The Morgan fingerprint density at radius 1 is 1.28 bits per heavy atom. The van der Waals surface area contributed by atoms with E-state index in [4.69, 9.17) is 10.5 Å². The predicted molar refractivity (Wildman–Crippen MR) is 97.2 cm³/mol. The number of morpholine rings is 1. The number of ether oxygens (including phenoxy) is 1. The van der Waals surface area contributed by atoms with Crippen molar-refractivity contribution in [2.45, 2.75) is 19.5 Å². The van der Waals surface area contributed by atoms with Gasteiger partial charge in [0.2, 0.25) is 5.91 Å². The molecule has 1 unspecified atom stereocenters. The number of carbonyl (C=O) groups is 1. The van der Waals surface area contributed by atoms with Gasteiger partial charge in [0.05, 0.1) is 13.2 Å². The number of hydrogen-bond acceptors (Lipinski definition) is 5. The maximum Gasteiger partial charge on any atom is 0.241 e. The predicted octanol–water partition coefficient (Wildman–Crippen LogP) is 1.54. The van der Waals surface area contributed by atoms with Crippen LogP contribution in [0.3, 0.4) is 0 Å². The molecule has 0 aliphatic carbocycles. The summed E-state index contributed by atoms with van der Waals surface area (Å²) in [5.41, 5.74) is 9.01. The number of aryl methyl sites for hydroxylation is 1. The zero-order valence-electron chi connectivity index (χ0n) is 14.4. The number of rotatable bonds is 5. The van der Waals surface area contributed by atoms with Gasteiger partial charge in [0.25, 0.3) is 0 Å². The van der Waals surface area contributed by atoms with Crippen LogP contribution >= 0.6 is 0 Å². The van der Waals surface area contributed by atoms with Crippen LogP contribution in [-0.4, -0.2) is 37.2 Å². The summed E-state index contributed by atoms with van der Waals surface area (Å²) in [5.74, 6) is 0.704. The van der Waals surface area contributed by atoms with E-state index in [1.807, 2.05) is 43.3 Å². The molecule has 0 radical (unpaired) electrons. The highest BCUT2D eigenvalue weighted by atomic mass is 16.5. The normalized spacial score (nSPS) is 15.7. The molecule has 1 aliphatic heterocycles. The van der Waals surface area contributed by atoms with Gasteiger partial charge in [-0.05, 0) is 18.6 Å². The number of nitrogens with zero attached hydrogens (tertiary/aromatic N) is 2. The Morgan fingerprint density at radius 2 is 2.00 bits per heavy atom. The largest absolute Gasteiger partial charge is 0.378 e. The second kappa shape index (κ2) is 8.09. The summed E-state index contributed by atoms with van der Waals surface area (Å²) in [7, 11) is 0. The molecule has 1 aromatic heterocycles. The highest BCUT2D eigenvalue weighted by Crippen LogP contribution is 2.19. The highest BCUT2D eigenvalue weighted by Gasteiger charge is 2.18. The molecule has 1 saturated heterocycles. The van der Waals surface area contributed by atoms with Crippen LogP contribution in [0.4, 0.5) is 5.82 Å². The van der Waals surface area contributed by atoms with Crippen LogP contribution in [0.25, 0.3) is 0 Å². The maximum absolute atomic E-state index is 12.4. The molecule has 2 aromatic rings. The molecule has 132 valence electrons. The molecule has 6 heteroatoms. The summed E-state index contributed by atoms with van der Waals surface area (Å²) in [5, 5.41) is 2.93. The summed E-state index contributed by atoms with van der Waals surface area (Å²) >= 11 is 0. The molecule has 3 N–H and O–H groups in total. The number of pyridine rings is 1. The van der Waals surface area contributed by atoms with Crippen LogP contribution in [0.2, 0.25) is 0 Å². The van der Waals surface area contributed by atoms with Gasteiger partial charge in [-0.25, -0.2) is 4.98 Å². The molecule has 0 spiro atoms. The summed E-state index contributed by atoms with van der Waals surface area (Å²) in [6, 6.07) is 10.9. The van der Waals surface area contributed by atoms with E-state index in [9.17, 15) is 4.79 Å². The average molecular weight is 340 g/mol. The molecule has 1 aliphatic rings. The fourth-order valence-electron chi connectivity index (χ4n) is 2.85. The molecule has 1 amide bonds. The Balaban J connectivity index is 1.65. The van der Waals surface area contributed by atoms with Crippen molar-refractivity contribution in [1.29, 1.82) is 0 Å². The lowest BCUT2D eigenvalue weighted by Crippen LogP contribution is -2.38. The number of aromatic nitrogens is 1. The molecule has 0 bridgehead atoms. The lowest BCUT2D eigenvalue weighted by Gasteiger charge is -2.29. The SMILES string of the molecule is Cc1ccc(C(N)C(=O)NCc2cccnc2N2CCOCC2)cc1. The van der Waals surface area contributed by atoms with Crippen LogP contribution in [0, 0.1) is 6.92 Å². The Hall–Kier alpha value is -2.44. The van der Waals surface area contributed by atoms with E-state index in [1.165, 1.54) is 0 Å². The molecule has 1 fully saturated rings. The van der Waals surface area contributed by atoms with E-state index < -0.39 is 6.04 Å². The molecule has 3 rings (SSSR count). The van der Waals surface area contributed by atoms with Gasteiger partial charge < -0.3 is 20.7 Å². The van der Waals surface area contributed by atoms with Crippen molar-refractivity contribution < 1.29 is 9.53 Å². The molecular weight excluding hydrogens is 316 g/mol. The molecule has 0 saturated carbocycles. The standard InChI is InChI=1S/C19H24N4O2/c1-14-4-6-15(7-5-14)17(20)19(24)22-13-16-3-2-8-21-18(16)23-9-11-25-12-10-23/h2-8,17H,9-13,20H2,1H3,(H,22,24). The third kappa shape index (κ3) is 4.35. The highest BCUT2D eigenvalue weighted by molar-refractivity contribution is 5.83. The summed E-state index contributed by atoms with van der Waals surface area (Å²) in [6.07, 6.45) is 1.77. The van der Waals surface area contributed by atoms with Gasteiger partial charge in [0.1, 0.15) is 11.9 Å². The molecule has 25 heavy (non-hydrogen) atoms. The third-order valence-electron chi connectivity index (χ3n) is 4.35. The second-order valence-corrected chi connectivity index (χ2v) is 6.19. The molecule has 1 atom stereocenters. The van der Waals surface area contributed by atoms with Crippen molar-refractivity contribution in [2.75, 3.05) is 31.2 Å². The van der Waals surface area contributed by atoms with E-state index in [0.717, 1.165) is 35.6 Å². The van der Waals surface area contributed by atoms with Crippen molar-refractivity contribution >= 4 is 11.7 Å². The Kier molecular flexibility index (Phi) is 5.63. The third-order valence-corrected chi connectivity index (χ3v) is 4.35. The molecular formula is C19H24N4O2. The monoisotopic (exact) mass is 340 g/mol. The minimum absolute atomic E-state index is 0.194. The van der Waals surface area contributed by atoms with E-state index in [2.05, 4.69) is 15.2 Å². The maximum atomic E-state index is 12.4. The first-order valence-electron chi connectivity index (χ1n) is 8.51. The van der Waals surface area contributed by atoms with Gasteiger partial charge in [-0.1, -0.05) is 35.9 Å². The van der Waals surface area contributed by atoms with Crippen LogP contribution < -0.4 is 16.0 Å². The minimum Gasteiger partial charge on any atom is -0.378 e. The number of nitrogens with one attached hydrogen (secondary N) is 1. The molecule has 2 heterocycles. The number of carbonyl (C=O) groups excluding carboxylic acids is 1. The van der Waals surface area contributed by atoms with E-state index in [0.29, 0.717) is 19.8 Å². The van der Waals surface area contributed by atoms with Gasteiger partial charge in [-0.15, -0.1) is 0 Å². The first kappa shape index (κ1) is 17.4. The fraction of sp³-hybridized carbons (Fsp3) is 0.368. The van der Waals surface area contributed by atoms with Gasteiger partial charge in [-0.3, -0.25) is 4.79 Å². The number of amides is 1. The number of anilines is 1. The van der Waals surface area contributed by atoms with Crippen LogP contribution in [0.5, 0.6) is 0 Å². The van der Waals surface area contributed by atoms with Crippen LogP contribution in [0.15, 0.2) is 42.6 Å². The van der Waals surface area contributed by atoms with E-state index in [-0.39, 0.29) is 5.91 Å². The van der Waals surface area contributed by atoms with E-state index in [1.54, 1.807) is 6.20 Å². The van der Waals surface area contributed by atoms with Crippen LogP contribution in [0.1, 0.15) is 22.7 Å². The fourth-order valence-corrected chi connectivity index (χ4v) is 2.85. The topological polar surface area (TPSA) is 80.5 Å². The zero-order valence-corrected chi connectivity index (χ0v) is 14.4. The van der Waals surface area contributed by atoms with E-state index >= 15 is 0 Å². The first-order chi connectivity index (χ1) is 12.1. The molecule has 1 aromatic carbocycles. The summed E-state index contributed by atoms with van der Waals surface area (Å²) < 4.78 is 5.39. The Morgan fingerprint density at radius 3 is 2.72 bits per heavy atom.